The molecule has 21 heavy (non-hydrogen) atoms. The summed E-state index contributed by atoms with van der Waals surface area (Å²) in [7, 11) is 0. The van der Waals surface area contributed by atoms with Gasteiger partial charge in [0, 0.05) is 13.0 Å². The van der Waals surface area contributed by atoms with Crippen molar-refractivity contribution in [3.63, 3.8) is 0 Å². The number of unbranched alkanes of at least 4 members (excludes halogenated alkanes) is 8. The fourth-order valence-corrected chi connectivity index (χ4v) is 2.63. The summed E-state index contributed by atoms with van der Waals surface area (Å²) in [6, 6.07) is 0. The molecule has 1 atom stereocenters. The fraction of sp³-hybridized carbons (Fsp3) is 0.944. The smallest absolute Gasteiger partial charge is 0.220 e. The maximum atomic E-state index is 11.7. The molecule has 0 bridgehead atoms. The van der Waals surface area contributed by atoms with Crippen molar-refractivity contribution in [1.29, 1.82) is 0 Å². The monoisotopic (exact) mass is 298 g/mol. The van der Waals surface area contributed by atoms with Crippen molar-refractivity contribution >= 4 is 5.91 Å². The lowest BCUT2D eigenvalue weighted by Crippen LogP contribution is -2.29. The fourth-order valence-electron chi connectivity index (χ4n) is 2.63. The largest absolute Gasteiger partial charge is 0.356 e. The second-order valence-electron chi connectivity index (χ2n) is 6.23. The second-order valence-corrected chi connectivity index (χ2v) is 6.23. The number of hydrogen-bond donors (Lipinski definition) is 2. The highest BCUT2D eigenvalue weighted by molar-refractivity contribution is 5.75. The van der Waals surface area contributed by atoms with Gasteiger partial charge in [-0.15, -0.1) is 0 Å². The lowest BCUT2D eigenvalue weighted by Gasteiger charge is -2.14. The Morgan fingerprint density at radius 2 is 1.52 bits per heavy atom. The number of carbonyl (C=O) groups is 1. The van der Waals surface area contributed by atoms with Gasteiger partial charge in [-0.05, 0) is 25.3 Å². The molecule has 0 saturated carbocycles. The summed E-state index contributed by atoms with van der Waals surface area (Å²) in [4.78, 5) is 11.7. The van der Waals surface area contributed by atoms with Gasteiger partial charge < -0.3 is 11.1 Å². The Kier molecular flexibility index (Phi) is 15.4. The Morgan fingerprint density at radius 3 is 2.05 bits per heavy atom. The van der Waals surface area contributed by atoms with Gasteiger partial charge in [0.25, 0.3) is 0 Å². The molecule has 0 fully saturated rings. The zero-order valence-electron chi connectivity index (χ0n) is 14.5. The van der Waals surface area contributed by atoms with Gasteiger partial charge in [0.2, 0.25) is 5.91 Å². The van der Waals surface area contributed by atoms with E-state index in [1.165, 1.54) is 51.4 Å². The third-order valence-corrected chi connectivity index (χ3v) is 4.25. The van der Waals surface area contributed by atoms with E-state index in [2.05, 4.69) is 19.2 Å². The van der Waals surface area contributed by atoms with E-state index in [0.717, 1.165) is 25.8 Å². The zero-order chi connectivity index (χ0) is 15.8. The molecule has 0 heterocycles. The van der Waals surface area contributed by atoms with Crippen LogP contribution >= 0.6 is 0 Å². The van der Waals surface area contributed by atoms with E-state index < -0.39 is 0 Å². The minimum Gasteiger partial charge on any atom is -0.356 e. The Morgan fingerprint density at radius 1 is 0.952 bits per heavy atom. The molecule has 0 aromatic carbocycles. The molecule has 0 aliphatic heterocycles. The molecule has 3 N–H and O–H groups in total. The van der Waals surface area contributed by atoms with E-state index >= 15 is 0 Å². The highest BCUT2D eigenvalue weighted by Crippen LogP contribution is 2.10. The Balaban J connectivity index is 3.33. The van der Waals surface area contributed by atoms with Gasteiger partial charge >= 0.3 is 0 Å². The summed E-state index contributed by atoms with van der Waals surface area (Å²) in [5.74, 6) is 0.760. The molecule has 3 nitrogen and oxygen atoms in total. The first-order valence-corrected chi connectivity index (χ1v) is 9.21. The van der Waals surface area contributed by atoms with Crippen LogP contribution in [0.15, 0.2) is 0 Å². The van der Waals surface area contributed by atoms with Gasteiger partial charge in [-0.25, -0.2) is 0 Å². The van der Waals surface area contributed by atoms with E-state index in [1.54, 1.807) is 0 Å². The lowest BCUT2D eigenvalue weighted by atomic mass is 10.0. The minimum atomic E-state index is 0.216. The summed E-state index contributed by atoms with van der Waals surface area (Å²) in [5, 5.41) is 3.05. The van der Waals surface area contributed by atoms with Crippen molar-refractivity contribution in [2.75, 3.05) is 13.1 Å². The highest BCUT2D eigenvalue weighted by atomic mass is 16.1. The number of carbonyl (C=O) groups excluding carboxylic acids is 1. The predicted molar refractivity (Wildman–Crippen MR) is 92.3 cm³/mol. The molecular weight excluding hydrogens is 260 g/mol. The van der Waals surface area contributed by atoms with Crippen LogP contribution < -0.4 is 11.1 Å². The van der Waals surface area contributed by atoms with Crippen molar-refractivity contribution in [3.8, 4) is 0 Å². The number of rotatable bonds is 15. The molecule has 0 aliphatic rings. The quantitative estimate of drug-likeness (QED) is 0.440. The standard InChI is InChI=1S/C18H38N2O/c1-3-5-6-7-8-9-10-11-12-13-18(21)20-16-17(4-2)14-15-19/h17H,3-16,19H2,1-2H3,(H,20,21). The first kappa shape index (κ1) is 20.4. The molecule has 0 saturated heterocycles. The van der Waals surface area contributed by atoms with Crippen LogP contribution in [0.4, 0.5) is 0 Å². The molecule has 1 amide bonds. The molecule has 0 spiro atoms. The summed E-state index contributed by atoms with van der Waals surface area (Å²) < 4.78 is 0. The molecule has 126 valence electrons. The number of hydrogen-bond acceptors (Lipinski definition) is 2. The topological polar surface area (TPSA) is 55.1 Å². The summed E-state index contributed by atoms with van der Waals surface area (Å²) in [6.07, 6.45) is 14.5. The van der Waals surface area contributed by atoms with Crippen LogP contribution in [0.1, 0.15) is 90.9 Å². The third kappa shape index (κ3) is 14.1. The van der Waals surface area contributed by atoms with E-state index in [9.17, 15) is 4.79 Å². The molecule has 3 heteroatoms. The molecule has 0 rings (SSSR count). The molecule has 0 aromatic rings. The van der Waals surface area contributed by atoms with Gasteiger partial charge in [-0.1, -0.05) is 71.6 Å². The maximum absolute atomic E-state index is 11.7. The normalized spacial score (nSPS) is 12.3. The molecule has 0 aromatic heterocycles. The average Bonchev–Trinajstić information content (AvgIpc) is 2.49. The van der Waals surface area contributed by atoms with Crippen LogP contribution in [0.25, 0.3) is 0 Å². The predicted octanol–water partition coefficient (Wildman–Crippen LogP) is 4.40. The van der Waals surface area contributed by atoms with Crippen LogP contribution in [-0.4, -0.2) is 19.0 Å². The zero-order valence-corrected chi connectivity index (χ0v) is 14.5. The van der Waals surface area contributed by atoms with Gasteiger partial charge in [0.05, 0.1) is 0 Å². The van der Waals surface area contributed by atoms with E-state index in [1.807, 2.05) is 0 Å². The van der Waals surface area contributed by atoms with E-state index in [4.69, 9.17) is 5.73 Å². The third-order valence-electron chi connectivity index (χ3n) is 4.25. The number of nitrogens with one attached hydrogen (secondary N) is 1. The van der Waals surface area contributed by atoms with Crippen molar-refractivity contribution in [1.82, 2.24) is 5.32 Å². The lowest BCUT2D eigenvalue weighted by molar-refractivity contribution is -0.121. The first-order valence-electron chi connectivity index (χ1n) is 9.21. The Bertz CT molecular complexity index is 231. The van der Waals surface area contributed by atoms with Crippen LogP contribution in [-0.2, 0) is 4.79 Å². The molecular formula is C18H38N2O. The second kappa shape index (κ2) is 15.8. The molecule has 1 unspecified atom stereocenters. The summed E-state index contributed by atoms with van der Waals surface area (Å²) >= 11 is 0. The van der Waals surface area contributed by atoms with Gasteiger partial charge in [0.1, 0.15) is 0 Å². The Hall–Kier alpha value is -0.570. The SMILES string of the molecule is CCCCCCCCCCCC(=O)NCC(CC)CCN. The van der Waals surface area contributed by atoms with Crippen LogP contribution in [0.2, 0.25) is 0 Å². The highest BCUT2D eigenvalue weighted by Gasteiger charge is 2.07. The van der Waals surface area contributed by atoms with E-state index in [-0.39, 0.29) is 5.91 Å². The van der Waals surface area contributed by atoms with Crippen molar-refractivity contribution < 1.29 is 4.79 Å². The van der Waals surface area contributed by atoms with Crippen LogP contribution in [0.5, 0.6) is 0 Å². The van der Waals surface area contributed by atoms with E-state index in [0.29, 0.717) is 18.9 Å². The summed E-state index contributed by atoms with van der Waals surface area (Å²) in [6.45, 7) is 5.92. The number of amides is 1. The average molecular weight is 299 g/mol. The van der Waals surface area contributed by atoms with Crippen molar-refractivity contribution in [2.24, 2.45) is 11.7 Å². The van der Waals surface area contributed by atoms with Crippen LogP contribution in [0.3, 0.4) is 0 Å². The van der Waals surface area contributed by atoms with Gasteiger partial charge in [-0.2, -0.15) is 0 Å². The van der Waals surface area contributed by atoms with Crippen LogP contribution in [0, 0.1) is 5.92 Å². The number of nitrogens with two attached hydrogens (primary N) is 1. The molecule has 0 radical (unpaired) electrons. The van der Waals surface area contributed by atoms with Gasteiger partial charge in [0.15, 0.2) is 0 Å². The summed E-state index contributed by atoms with van der Waals surface area (Å²) in [5.41, 5.74) is 5.56. The van der Waals surface area contributed by atoms with Gasteiger partial charge in [-0.3, -0.25) is 4.79 Å². The first-order chi connectivity index (χ1) is 10.2. The maximum Gasteiger partial charge on any atom is 0.220 e. The minimum absolute atomic E-state index is 0.216. The van der Waals surface area contributed by atoms with Crippen molar-refractivity contribution in [3.05, 3.63) is 0 Å². The Labute approximate surface area is 132 Å². The van der Waals surface area contributed by atoms with Crippen molar-refractivity contribution in [2.45, 2.75) is 90.9 Å². The molecule has 0 aliphatic carbocycles.